The van der Waals surface area contributed by atoms with Gasteiger partial charge in [-0.25, -0.2) is 4.79 Å². The van der Waals surface area contributed by atoms with E-state index in [1.807, 2.05) is 82.4 Å². The highest BCUT2D eigenvalue weighted by Gasteiger charge is 2.29. The quantitative estimate of drug-likeness (QED) is 0.482. The van der Waals surface area contributed by atoms with Crippen LogP contribution in [0.2, 0.25) is 0 Å². The molecule has 0 spiro atoms. The largest absolute Gasteiger partial charge is 0.447 e. The number of aromatic nitrogens is 2. The van der Waals surface area contributed by atoms with Crippen LogP contribution in [0.25, 0.3) is 0 Å². The SMILES string of the molecule is CCc1ccc(C(=O)Nc2ccc(N(C(=O)OCCn3cccn3)C(C)(C)C)cc2)c(N(C)C)c1. The lowest BCUT2D eigenvalue weighted by atomic mass is 10.0. The zero-order valence-electron chi connectivity index (χ0n) is 21.4. The monoisotopic (exact) mass is 477 g/mol. The summed E-state index contributed by atoms with van der Waals surface area (Å²) in [5.74, 6) is -0.185. The van der Waals surface area contributed by atoms with Gasteiger partial charge < -0.3 is 15.0 Å². The van der Waals surface area contributed by atoms with E-state index < -0.39 is 11.6 Å². The molecule has 3 aromatic rings. The molecule has 0 radical (unpaired) electrons. The summed E-state index contributed by atoms with van der Waals surface area (Å²) >= 11 is 0. The normalized spacial score (nSPS) is 11.1. The highest BCUT2D eigenvalue weighted by atomic mass is 16.6. The van der Waals surface area contributed by atoms with Crippen LogP contribution < -0.4 is 15.1 Å². The number of hydrogen-bond donors (Lipinski definition) is 1. The number of amides is 2. The molecule has 0 bridgehead atoms. The van der Waals surface area contributed by atoms with E-state index in [0.717, 1.165) is 12.1 Å². The molecule has 1 heterocycles. The predicted octanol–water partition coefficient (Wildman–Crippen LogP) is 5.21. The Morgan fingerprint density at radius 1 is 1.09 bits per heavy atom. The molecular formula is C27H35N5O3. The van der Waals surface area contributed by atoms with Gasteiger partial charge >= 0.3 is 6.09 Å². The number of nitrogens with zero attached hydrogens (tertiary/aromatic N) is 4. The third kappa shape index (κ3) is 6.62. The van der Waals surface area contributed by atoms with Crippen molar-refractivity contribution in [1.82, 2.24) is 9.78 Å². The van der Waals surface area contributed by atoms with Crippen molar-refractivity contribution >= 4 is 29.1 Å². The summed E-state index contributed by atoms with van der Waals surface area (Å²) in [6.45, 7) is 8.62. The van der Waals surface area contributed by atoms with Crippen LogP contribution in [0.5, 0.6) is 0 Å². The number of benzene rings is 2. The van der Waals surface area contributed by atoms with Crippen molar-refractivity contribution in [3.8, 4) is 0 Å². The zero-order valence-corrected chi connectivity index (χ0v) is 21.4. The Bertz CT molecular complexity index is 1130. The van der Waals surface area contributed by atoms with Gasteiger partial charge in [-0.05, 0) is 75.2 Å². The van der Waals surface area contributed by atoms with E-state index in [9.17, 15) is 9.59 Å². The van der Waals surface area contributed by atoms with Crippen LogP contribution in [-0.2, 0) is 17.7 Å². The van der Waals surface area contributed by atoms with E-state index in [-0.39, 0.29) is 12.5 Å². The molecule has 0 atom stereocenters. The summed E-state index contributed by atoms with van der Waals surface area (Å²) in [5.41, 5.74) is 3.47. The maximum Gasteiger partial charge on any atom is 0.414 e. The van der Waals surface area contributed by atoms with E-state index in [2.05, 4.69) is 17.3 Å². The lowest BCUT2D eigenvalue weighted by Gasteiger charge is -2.34. The van der Waals surface area contributed by atoms with E-state index in [1.165, 1.54) is 5.56 Å². The maximum atomic E-state index is 13.0. The molecule has 8 heteroatoms. The molecule has 0 aliphatic rings. The standard InChI is InChI=1S/C27H35N5O3/c1-7-20-9-14-23(24(19-20)30(5)6)25(33)29-21-10-12-22(13-11-21)32(27(2,3)4)26(34)35-18-17-31-16-8-15-28-31/h8-16,19H,7,17-18H2,1-6H3,(H,29,33). The molecule has 3 rings (SSSR count). The van der Waals surface area contributed by atoms with Gasteiger partial charge in [-0.2, -0.15) is 5.10 Å². The molecule has 0 saturated carbocycles. The first-order valence-electron chi connectivity index (χ1n) is 11.8. The second-order valence-corrected chi connectivity index (χ2v) is 9.49. The van der Waals surface area contributed by atoms with E-state index in [0.29, 0.717) is 23.5 Å². The minimum Gasteiger partial charge on any atom is -0.447 e. The van der Waals surface area contributed by atoms with Gasteiger partial charge in [0.1, 0.15) is 6.61 Å². The molecule has 0 saturated heterocycles. The zero-order chi connectivity index (χ0) is 25.6. The average molecular weight is 478 g/mol. The van der Waals surface area contributed by atoms with Crippen LogP contribution in [0, 0.1) is 0 Å². The number of aryl methyl sites for hydroxylation is 1. The second-order valence-electron chi connectivity index (χ2n) is 9.49. The van der Waals surface area contributed by atoms with Gasteiger partial charge in [0.15, 0.2) is 0 Å². The minimum absolute atomic E-state index is 0.185. The van der Waals surface area contributed by atoms with Crippen LogP contribution in [0.1, 0.15) is 43.6 Å². The van der Waals surface area contributed by atoms with Crippen molar-refractivity contribution in [1.29, 1.82) is 0 Å². The van der Waals surface area contributed by atoms with Crippen molar-refractivity contribution in [2.75, 3.05) is 35.8 Å². The van der Waals surface area contributed by atoms with Crippen LogP contribution in [0.15, 0.2) is 60.9 Å². The second kappa shape index (κ2) is 11.1. The Labute approximate surface area is 207 Å². The van der Waals surface area contributed by atoms with E-state index in [4.69, 9.17) is 4.74 Å². The predicted molar refractivity (Wildman–Crippen MR) is 140 cm³/mol. The van der Waals surface area contributed by atoms with Gasteiger partial charge in [0.2, 0.25) is 0 Å². The molecular weight excluding hydrogens is 442 g/mol. The van der Waals surface area contributed by atoms with E-state index >= 15 is 0 Å². The first-order valence-corrected chi connectivity index (χ1v) is 11.8. The lowest BCUT2D eigenvalue weighted by Crippen LogP contribution is -2.46. The summed E-state index contributed by atoms with van der Waals surface area (Å²) in [6, 6.07) is 14.9. The van der Waals surface area contributed by atoms with Crippen molar-refractivity contribution in [2.24, 2.45) is 0 Å². The summed E-state index contributed by atoms with van der Waals surface area (Å²) in [7, 11) is 3.85. The number of anilines is 3. The number of ether oxygens (including phenoxy) is 1. The molecule has 8 nitrogen and oxygen atoms in total. The van der Waals surface area contributed by atoms with Crippen LogP contribution in [0.3, 0.4) is 0 Å². The topological polar surface area (TPSA) is 79.7 Å². The molecule has 2 aromatic carbocycles. The van der Waals surface area contributed by atoms with Gasteiger partial charge in [-0.1, -0.05) is 13.0 Å². The smallest absolute Gasteiger partial charge is 0.414 e. The third-order valence-electron chi connectivity index (χ3n) is 5.54. The minimum atomic E-state index is -0.505. The summed E-state index contributed by atoms with van der Waals surface area (Å²) < 4.78 is 7.23. The molecule has 0 aliphatic heterocycles. The number of hydrogen-bond acceptors (Lipinski definition) is 5. The number of nitrogens with one attached hydrogen (secondary N) is 1. The summed E-state index contributed by atoms with van der Waals surface area (Å²) in [6.07, 6.45) is 3.97. The van der Waals surface area contributed by atoms with Crippen molar-refractivity contribution in [3.63, 3.8) is 0 Å². The van der Waals surface area contributed by atoms with Crippen molar-refractivity contribution < 1.29 is 14.3 Å². The molecule has 0 aliphatic carbocycles. The van der Waals surface area contributed by atoms with Crippen molar-refractivity contribution in [2.45, 2.75) is 46.2 Å². The van der Waals surface area contributed by atoms with E-state index in [1.54, 1.807) is 27.9 Å². The van der Waals surface area contributed by atoms with Crippen molar-refractivity contribution in [3.05, 3.63) is 72.1 Å². The molecule has 0 fully saturated rings. The number of carbonyl (C=O) groups excluding carboxylic acids is 2. The Morgan fingerprint density at radius 2 is 1.80 bits per heavy atom. The molecule has 186 valence electrons. The molecule has 1 N–H and O–H groups in total. The van der Waals surface area contributed by atoms with Crippen LogP contribution in [-0.4, -0.2) is 48.0 Å². The Balaban J connectivity index is 1.72. The van der Waals surface area contributed by atoms with Gasteiger partial charge in [-0.3, -0.25) is 14.4 Å². The highest BCUT2D eigenvalue weighted by Crippen LogP contribution is 2.27. The molecule has 0 unspecified atom stereocenters. The Morgan fingerprint density at radius 3 is 2.37 bits per heavy atom. The summed E-state index contributed by atoms with van der Waals surface area (Å²) in [5, 5.41) is 7.08. The fourth-order valence-corrected chi connectivity index (χ4v) is 3.74. The number of carbonyl (C=O) groups is 2. The van der Waals surface area contributed by atoms with Gasteiger partial charge in [0, 0.05) is 49.1 Å². The average Bonchev–Trinajstić information content (AvgIpc) is 3.32. The van der Waals surface area contributed by atoms with Crippen LogP contribution >= 0.6 is 0 Å². The fourth-order valence-electron chi connectivity index (χ4n) is 3.74. The number of rotatable bonds is 8. The first kappa shape index (κ1) is 25.8. The first-order chi connectivity index (χ1) is 16.6. The Kier molecular flexibility index (Phi) is 8.17. The third-order valence-corrected chi connectivity index (χ3v) is 5.54. The summed E-state index contributed by atoms with van der Waals surface area (Å²) in [4.78, 5) is 29.5. The van der Waals surface area contributed by atoms with Crippen LogP contribution in [0.4, 0.5) is 21.9 Å². The lowest BCUT2D eigenvalue weighted by molar-refractivity contribution is 0.102. The molecule has 2 amide bonds. The molecule has 35 heavy (non-hydrogen) atoms. The Hall–Kier alpha value is -3.81. The van der Waals surface area contributed by atoms with Gasteiger partial charge in [-0.15, -0.1) is 0 Å². The fraction of sp³-hybridized carbons (Fsp3) is 0.370. The molecule has 1 aromatic heterocycles. The maximum absolute atomic E-state index is 13.0. The highest BCUT2D eigenvalue weighted by molar-refractivity contribution is 6.08. The van der Waals surface area contributed by atoms with Gasteiger partial charge in [0.25, 0.3) is 5.91 Å². The van der Waals surface area contributed by atoms with Gasteiger partial charge in [0.05, 0.1) is 12.1 Å².